The van der Waals surface area contributed by atoms with E-state index in [2.05, 4.69) is 26.8 Å². The molecule has 2 unspecified atom stereocenters. The molecule has 0 bridgehead atoms. The van der Waals surface area contributed by atoms with Crippen LogP contribution >= 0.6 is 11.8 Å². The molecule has 4 nitrogen and oxygen atoms in total. The van der Waals surface area contributed by atoms with Crippen LogP contribution in [0.25, 0.3) is 11.0 Å². The Kier molecular flexibility index (Phi) is 3.32. The summed E-state index contributed by atoms with van der Waals surface area (Å²) in [5.41, 5.74) is 1.74. The molecule has 2 aromatic rings. The van der Waals surface area contributed by atoms with E-state index < -0.39 is 0 Å². The quantitative estimate of drug-likeness (QED) is 0.919. The van der Waals surface area contributed by atoms with E-state index in [0.717, 1.165) is 11.0 Å². The predicted molar refractivity (Wildman–Crippen MR) is 75.9 cm³/mol. The van der Waals surface area contributed by atoms with Gasteiger partial charge in [0.1, 0.15) is 5.52 Å². The summed E-state index contributed by atoms with van der Waals surface area (Å²) in [6, 6.07) is 8.30. The smallest absolute Gasteiger partial charge is 0.243 e. The first kappa shape index (κ1) is 11.7. The number of fused-ring (bicyclic) bond motifs is 1. The number of nitrogens with zero attached hydrogens (tertiary/aromatic N) is 3. The van der Waals surface area contributed by atoms with Gasteiger partial charge >= 0.3 is 0 Å². The van der Waals surface area contributed by atoms with Crippen LogP contribution in [0.3, 0.4) is 0 Å². The monoisotopic (exact) mass is 260 g/mol. The van der Waals surface area contributed by atoms with Gasteiger partial charge in [0.05, 0.1) is 5.52 Å². The maximum Gasteiger partial charge on any atom is 0.243 e. The van der Waals surface area contributed by atoms with Crippen LogP contribution in [0.15, 0.2) is 24.3 Å². The summed E-state index contributed by atoms with van der Waals surface area (Å²) in [4.78, 5) is 4.51. The molecule has 1 saturated carbocycles. The van der Waals surface area contributed by atoms with E-state index in [1.807, 2.05) is 36.0 Å². The number of thioether (sulfide) groups is 1. The highest BCUT2D eigenvalue weighted by Crippen LogP contribution is 2.30. The normalized spacial score (nSPS) is 23.4. The highest BCUT2D eigenvalue weighted by atomic mass is 32.2. The van der Waals surface area contributed by atoms with Gasteiger partial charge in [-0.2, -0.15) is 11.8 Å². The number of nitrogens with one attached hydrogen (secondary N) is 1. The molecule has 94 valence electrons. The van der Waals surface area contributed by atoms with Crippen LogP contribution < -0.4 is 5.32 Å². The highest BCUT2D eigenvalue weighted by Gasteiger charge is 2.26. The summed E-state index contributed by atoms with van der Waals surface area (Å²) in [5.74, 6) is 0.652. The van der Waals surface area contributed by atoms with Crippen molar-refractivity contribution in [3.63, 3.8) is 0 Å². The number of anilines is 1. The van der Waals surface area contributed by atoms with E-state index in [1.54, 1.807) is 0 Å². The summed E-state index contributed by atoms with van der Waals surface area (Å²) in [6.07, 6.45) is 5.93. The zero-order chi connectivity index (χ0) is 12.4. The summed E-state index contributed by atoms with van der Waals surface area (Å²) in [6.45, 7) is 0. The Balaban J connectivity index is 1.82. The molecular weight excluding hydrogens is 244 g/mol. The van der Waals surface area contributed by atoms with E-state index in [1.165, 1.54) is 19.3 Å². The van der Waals surface area contributed by atoms with Crippen molar-refractivity contribution in [1.29, 1.82) is 0 Å². The lowest BCUT2D eigenvalue weighted by atomic mass is 10.2. The van der Waals surface area contributed by atoms with Gasteiger partial charge in [-0.15, -0.1) is 10.2 Å². The number of aromatic nitrogens is 3. The van der Waals surface area contributed by atoms with E-state index >= 15 is 0 Å². The van der Waals surface area contributed by atoms with Crippen LogP contribution in [-0.4, -0.2) is 32.7 Å². The highest BCUT2D eigenvalue weighted by molar-refractivity contribution is 7.99. The van der Waals surface area contributed by atoms with Crippen molar-refractivity contribution in [1.82, 2.24) is 15.2 Å². The zero-order valence-corrected chi connectivity index (χ0v) is 11.2. The summed E-state index contributed by atoms with van der Waals surface area (Å²) >= 11 is 1.92. The summed E-state index contributed by atoms with van der Waals surface area (Å²) < 4.78 is 0. The van der Waals surface area contributed by atoms with Crippen LogP contribution in [-0.2, 0) is 0 Å². The minimum Gasteiger partial charge on any atom is -0.349 e. The summed E-state index contributed by atoms with van der Waals surface area (Å²) in [7, 11) is 0. The number of benzene rings is 1. The Morgan fingerprint density at radius 3 is 2.83 bits per heavy atom. The molecule has 1 fully saturated rings. The van der Waals surface area contributed by atoms with Crippen LogP contribution in [0.5, 0.6) is 0 Å². The fraction of sp³-hybridized carbons (Fsp3) is 0.462. The van der Waals surface area contributed by atoms with Crippen molar-refractivity contribution in [2.75, 3.05) is 11.6 Å². The first-order chi connectivity index (χ1) is 8.86. The zero-order valence-electron chi connectivity index (χ0n) is 10.3. The van der Waals surface area contributed by atoms with Gasteiger partial charge in [0, 0.05) is 11.3 Å². The van der Waals surface area contributed by atoms with Crippen molar-refractivity contribution in [3.8, 4) is 0 Å². The molecule has 0 spiro atoms. The molecule has 1 heterocycles. The van der Waals surface area contributed by atoms with Gasteiger partial charge in [0.25, 0.3) is 0 Å². The number of hydrogen-bond acceptors (Lipinski definition) is 5. The first-order valence-electron chi connectivity index (χ1n) is 6.25. The van der Waals surface area contributed by atoms with Gasteiger partial charge < -0.3 is 5.32 Å². The predicted octanol–water partition coefficient (Wildman–Crippen LogP) is 2.72. The number of rotatable bonds is 3. The molecule has 18 heavy (non-hydrogen) atoms. The van der Waals surface area contributed by atoms with Crippen LogP contribution in [0, 0.1) is 0 Å². The van der Waals surface area contributed by atoms with Crippen LogP contribution in [0.1, 0.15) is 19.3 Å². The maximum absolute atomic E-state index is 4.51. The number of para-hydroxylation sites is 1. The van der Waals surface area contributed by atoms with Crippen LogP contribution in [0.4, 0.5) is 5.95 Å². The van der Waals surface area contributed by atoms with Crippen molar-refractivity contribution >= 4 is 28.7 Å². The standard InChI is InChI=1S/C13H16N4S/c1-18-12-8-4-7-11(12)15-13-14-9-5-2-3-6-10(9)16-17-13/h2-3,5-6,11-12H,4,7-8H2,1H3,(H,14,15,17). The third-order valence-electron chi connectivity index (χ3n) is 3.43. The lowest BCUT2D eigenvalue weighted by molar-refractivity contribution is 0.752. The van der Waals surface area contributed by atoms with Gasteiger partial charge in [-0.05, 0) is 31.2 Å². The Morgan fingerprint density at radius 2 is 2.00 bits per heavy atom. The van der Waals surface area contributed by atoms with Crippen LogP contribution in [0.2, 0.25) is 0 Å². The topological polar surface area (TPSA) is 50.7 Å². The van der Waals surface area contributed by atoms with Gasteiger partial charge in [-0.3, -0.25) is 0 Å². The average molecular weight is 260 g/mol. The minimum atomic E-state index is 0.475. The van der Waals surface area contributed by atoms with E-state index in [4.69, 9.17) is 0 Å². The Bertz CT molecular complexity index is 545. The Morgan fingerprint density at radius 1 is 1.17 bits per heavy atom. The fourth-order valence-corrected chi connectivity index (χ4v) is 3.42. The second-order valence-electron chi connectivity index (χ2n) is 4.58. The van der Waals surface area contributed by atoms with E-state index in [9.17, 15) is 0 Å². The first-order valence-corrected chi connectivity index (χ1v) is 7.54. The third-order valence-corrected chi connectivity index (χ3v) is 4.60. The van der Waals surface area contributed by atoms with Crippen molar-refractivity contribution in [3.05, 3.63) is 24.3 Å². The lowest BCUT2D eigenvalue weighted by Crippen LogP contribution is -2.27. The van der Waals surface area contributed by atoms with Gasteiger partial charge in [-0.1, -0.05) is 18.6 Å². The second kappa shape index (κ2) is 5.10. The molecule has 0 saturated heterocycles. The molecule has 0 amide bonds. The van der Waals surface area contributed by atoms with Crippen molar-refractivity contribution < 1.29 is 0 Å². The van der Waals surface area contributed by atoms with Crippen molar-refractivity contribution in [2.24, 2.45) is 0 Å². The second-order valence-corrected chi connectivity index (χ2v) is 5.66. The number of hydrogen-bond donors (Lipinski definition) is 1. The largest absolute Gasteiger partial charge is 0.349 e. The minimum absolute atomic E-state index is 0.475. The molecule has 1 N–H and O–H groups in total. The molecular formula is C13H16N4S. The van der Waals surface area contributed by atoms with E-state index in [0.29, 0.717) is 17.2 Å². The van der Waals surface area contributed by atoms with Gasteiger partial charge in [-0.25, -0.2) is 4.98 Å². The molecule has 2 atom stereocenters. The molecule has 0 aliphatic heterocycles. The molecule has 5 heteroatoms. The molecule has 1 aliphatic rings. The van der Waals surface area contributed by atoms with Gasteiger partial charge in [0.15, 0.2) is 0 Å². The fourth-order valence-electron chi connectivity index (χ4n) is 2.48. The van der Waals surface area contributed by atoms with E-state index in [-0.39, 0.29) is 0 Å². The maximum atomic E-state index is 4.51. The average Bonchev–Trinajstić information content (AvgIpc) is 2.86. The molecule has 1 aliphatic carbocycles. The van der Waals surface area contributed by atoms with Gasteiger partial charge in [0.2, 0.25) is 5.95 Å². The van der Waals surface area contributed by atoms with Crippen molar-refractivity contribution in [2.45, 2.75) is 30.6 Å². The molecule has 3 rings (SSSR count). The molecule has 0 radical (unpaired) electrons. The molecule has 1 aromatic heterocycles. The Labute approximate surface area is 111 Å². The summed E-state index contributed by atoms with van der Waals surface area (Å²) in [5, 5.41) is 12.4. The SMILES string of the molecule is CSC1CCCC1Nc1nnc2ccccc2n1. The Hall–Kier alpha value is -1.36. The lowest BCUT2D eigenvalue weighted by Gasteiger charge is -2.18. The molecule has 1 aromatic carbocycles. The third kappa shape index (κ3) is 2.27.